The molecule has 0 N–H and O–H groups in total. The van der Waals surface area contributed by atoms with Gasteiger partial charge in [0.1, 0.15) is 0 Å². The molecule has 0 radical (unpaired) electrons. The molecule has 1 aliphatic rings. The summed E-state index contributed by atoms with van der Waals surface area (Å²) < 4.78 is 29.9. The average molecular weight is 332 g/mol. The zero-order chi connectivity index (χ0) is 16.7. The highest BCUT2D eigenvalue weighted by Gasteiger charge is 2.23. The third kappa shape index (κ3) is 5.19. The molecule has 0 bridgehead atoms. The molecule has 1 saturated heterocycles. The molecule has 1 aliphatic heterocycles. The van der Waals surface area contributed by atoms with Gasteiger partial charge in [0.2, 0.25) is 9.84 Å². The lowest BCUT2D eigenvalue weighted by molar-refractivity contribution is 0.407. The van der Waals surface area contributed by atoms with Crippen molar-refractivity contribution in [3.8, 4) is 0 Å². The van der Waals surface area contributed by atoms with E-state index < -0.39 is 9.84 Å². The number of epoxide rings is 1. The molecule has 0 amide bonds. The summed E-state index contributed by atoms with van der Waals surface area (Å²) in [5.41, 5.74) is 1.11. The molecular weight excluding hydrogens is 308 g/mol. The Labute approximate surface area is 139 Å². The van der Waals surface area contributed by atoms with Crippen molar-refractivity contribution in [1.29, 1.82) is 0 Å². The smallest absolute Gasteiger partial charge is 0.206 e. The summed E-state index contributed by atoms with van der Waals surface area (Å²) in [6.45, 7) is 5.17. The fourth-order valence-electron chi connectivity index (χ4n) is 1.99. The highest BCUT2D eigenvalue weighted by molar-refractivity contribution is 7.91. The van der Waals surface area contributed by atoms with Crippen molar-refractivity contribution in [2.24, 2.45) is 0 Å². The van der Waals surface area contributed by atoms with E-state index in [9.17, 15) is 8.42 Å². The number of unbranched alkanes of at least 4 members (excludes halogenated alkanes) is 1. The molecule has 1 atom stereocenters. The van der Waals surface area contributed by atoms with Crippen molar-refractivity contribution in [1.82, 2.24) is 0 Å². The molecule has 3 nitrogen and oxygen atoms in total. The second-order valence-electron chi connectivity index (χ2n) is 5.62. The molecule has 0 saturated carbocycles. The van der Waals surface area contributed by atoms with E-state index in [1.54, 1.807) is 42.5 Å². The van der Waals surface area contributed by atoms with Gasteiger partial charge in [-0.25, -0.2) is 8.42 Å². The van der Waals surface area contributed by atoms with E-state index in [-0.39, 0.29) is 0 Å². The van der Waals surface area contributed by atoms with Gasteiger partial charge in [-0.3, -0.25) is 0 Å². The summed E-state index contributed by atoms with van der Waals surface area (Å²) in [4.78, 5) is 0.660. The molecular formula is C19H24O3S. The molecule has 4 heteroatoms. The first-order valence-electron chi connectivity index (χ1n) is 8.08. The summed E-state index contributed by atoms with van der Waals surface area (Å²) >= 11 is 0. The van der Waals surface area contributed by atoms with Crippen LogP contribution in [-0.4, -0.2) is 21.1 Å². The fraction of sp³-hybridized carbons (Fsp3) is 0.368. The number of sulfone groups is 1. The van der Waals surface area contributed by atoms with E-state index in [0.29, 0.717) is 15.9 Å². The summed E-state index contributed by atoms with van der Waals surface area (Å²) in [5.74, 6) is 0. The lowest BCUT2D eigenvalue weighted by Crippen LogP contribution is -2.02. The quantitative estimate of drug-likeness (QED) is 0.768. The maximum Gasteiger partial charge on any atom is 0.206 e. The molecule has 3 rings (SSSR count). The van der Waals surface area contributed by atoms with Crippen molar-refractivity contribution >= 4 is 9.84 Å². The summed E-state index contributed by atoms with van der Waals surface area (Å²) in [7, 11) is -3.40. The molecule has 1 fully saturated rings. The first-order valence-corrected chi connectivity index (χ1v) is 9.57. The highest BCUT2D eigenvalue weighted by atomic mass is 32.2. The normalized spacial score (nSPS) is 16.3. The monoisotopic (exact) mass is 332 g/mol. The van der Waals surface area contributed by atoms with Gasteiger partial charge in [0.15, 0.2) is 0 Å². The number of ether oxygens (including phenoxy) is 1. The Morgan fingerprint density at radius 3 is 1.91 bits per heavy atom. The first kappa shape index (κ1) is 17.7. The summed E-state index contributed by atoms with van der Waals surface area (Å²) in [6, 6.07) is 15.5. The number of benzene rings is 2. The molecule has 124 valence electrons. The van der Waals surface area contributed by atoms with E-state index in [0.717, 1.165) is 18.6 Å². The van der Waals surface area contributed by atoms with Crippen LogP contribution in [0.1, 0.15) is 32.3 Å². The lowest BCUT2D eigenvalue weighted by atomic mass is 10.1. The van der Waals surface area contributed by atoms with Crippen LogP contribution >= 0.6 is 0 Å². The third-order valence-corrected chi connectivity index (χ3v) is 5.44. The molecule has 2 aromatic carbocycles. The highest BCUT2D eigenvalue weighted by Crippen LogP contribution is 2.22. The van der Waals surface area contributed by atoms with Crippen LogP contribution in [0.15, 0.2) is 64.4 Å². The van der Waals surface area contributed by atoms with Crippen LogP contribution in [0, 0.1) is 0 Å². The minimum atomic E-state index is -3.40. The van der Waals surface area contributed by atoms with E-state index in [2.05, 4.69) is 13.8 Å². The minimum Gasteiger partial charge on any atom is -0.373 e. The van der Waals surface area contributed by atoms with Crippen molar-refractivity contribution in [3.05, 3.63) is 60.2 Å². The Morgan fingerprint density at radius 1 is 0.913 bits per heavy atom. The van der Waals surface area contributed by atoms with Gasteiger partial charge in [0.05, 0.1) is 22.5 Å². The Balaban J connectivity index is 0.000000433. The molecule has 0 spiro atoms. The Morgan fingerprint density at radius 2 is 1.43 bits per heavy atom. The zero-order valence-corrected chi connectivity index (χ0v) is 14.6. The standard InChI is InChI=1S/C15H14O3S.C4H10/c16-19(17,14-4-2-1-3-5-14)15-8-6-12(7-9-15)10-13-11-18-13;1-3-4-2/h1-9,13H,10-11H2;3-4H2,1-2H3. The SMILES string of the molecule is CCCC.O=S(=O)(c1ccccc1)c1ccc(CC2CO2)cc1. The molecule has 23 heavy (non-hydrogen) atoms. The van der Waals surface area contributed by atoms with Gasteiger partial charge >= 0.3 is 0 Å². The maximum absolute atomic E-state index is 12.4. The van der Waals surface area contributed by atoms with Crippen molar-refractivity contribution < 1.29 is 13.2 Å². The van der Waals surface area contributed by atoms with E-state index in [1.165, 1.54) is 12.8 Å². The largest absolute Gasteiger partial charge is 0.373 e. The predicted molar refractivity (Wildman–Crippen MR) is 92.4 cm³/mol. The minimum absolute atomic E-state index is 0.316. The van der Waals surface area contributed by atoms with Crippen molar-refractivity contribution in [2.75, 3.05) is 6.61 Å². The van der Waals surface area contributed by atoms with Gasteiger partial charge in [-0.15, -0.1) is 0 Å². The van der Waals surface area contributed by atoms with Crippen LogP contribution in [0.25, 0.3) is 0 Å². The van der Waals surface area contributed by atoms with Gasteiger partial charge in [-0.2, -0.15) is 0 Å². The van der Waals surface area contributed by atoms with Crippen LogP contribution in [0.3, 0.4) is 0 Å². The average Bonchev–Trinajstić information content (AvgIpc) is 3.40. The summed E-state index contributed by atoms with van der Waals surface area (Å²) in [6.07, 6.45) is 3.81. The van der Waals surface area contributed by atoms with Crippen molar-refractivity contribution in [3.63, 3.8) is 0 Å². The van der Waals surface area contributed by atoms with E-state index in [4.69, 9.17) is 4.74 Å². The van der Waals surface area contributed by atoms with Gasteiger partial charge < -0.3 is 4.74 Å². The van der Waals surface area contributed by atoms with Crippen LogP contribution in [0.2, 0.25) is 0 Å². The van der Waals surface area contributed by atoms with Gasteiger partial charge in [-0.05, 0) is 29.8 Å². The number of hydrogen-bond donors (Lipinski definition) is 0. The van der Waals surface area contributed by atoms with Gasteiger partial charge in [0.25, 0.3) is 0 Å². The lowest BCUT2D eigenvalue weighted by Gasteiger charge is -2.05. The first-order chi connectivity index (χ1) is 11.1. The van der Waals surface area contributed by atoms with Crippen LogP contribution in [0.5, 0.6) is 0 Å². The van der Waals surface area contributed by atoms with E-state index in [1.807, 2.05) is 12.1 Å². The van der Waals surface area contributed by atoms with E-state index >= 15 is 0 Å². The number of hydrogen-bond acceptors (Lipinski definition) is 3. The second-order valence-corrected chi connectivity index (χ2v) is 7.57. The topological polar surface area (TPSA) is 46.7 Å². The van der Waals surface area contributed by atoms with Crippen LogP contribution in [-0.2, 0) is 21.0 Å². The fourth-order valence-corrected chi connectivity index (χ4v) is 3.27. The van der Waals surface area contributed by atoms with Crippen LogP contribution in [0.4, 0.5) is 0 Å². The second kappa shape index (κ2) is 8.27. The molecule has 0 aromatic heterocycles. The van der Waals surface area contributed by atoms with Gasteiger partial charge in [0, 0.05) is 6.42 Å². The molecule has 0 aliphatic carbocycles. The predicted octanol–water partition coefficient (Wildman–Crippen LogP) is 4.27. The molecule has 1 heterocycles. The zero-order valence-electron chi connectivity index (χ0n) is 13.7. The Bertz CT molecular complexity index is 685. The Hall–Kier alpha value is -1.65. The van der Waals surface area contributed by atoms with Crippen molar-refractivity contribution in [2.45, 2.75) is 49.0 Å². The Kier molecular flexibility index (Phi) is 6.37. The number of rotatable bonds is 5. The molecule has 2 aromatic rings. The van der Waals surface area contributed by atoms with Gasteiger partial charge in [-0.1, -0.05) is 57.0 Å². The van der Waals surface area contributed by atoms with Crippen LogP contribution < -0.4 is 0 Å². The molecule has 1 unspecified atom stereocenters. The maximum atomic E-state index is 12.4. The third-order valence-electron chi connectivity index (χ3n) is 3.65. The summed E-state index contributed by atoms with van der Waals surface area (Å²) in [5, 5.41) is 0.